The van der Waals surface area contributed by atoms with E-state index in [2.05, 4.69) is 20.6 Å². The molecule has 0 amide bonds. The lowest BCUT2D eigenvalue weighted by molar-refractivity contribution is -0.384. The van der Waals surface area contributed by atoms with Gasteiger partial charge in [-0.2, -0.15) is 0 Å². The van der Waals surface area contributed by atoms with E-state index in [1.807, 2.05) is 31.2 Å². The minimum absolute atomic E-state index is 0.0816. The third-order valence-electron chi connectivity index (χ3n) is 4.61. The largest absolute Gasteiger partial charge is 0.494 e. The van der Waals surface area contributed by atoms with E-state index in [0.29, 0.717) is 29.8 Å². The summed E-state index contributed by atoms with van der Waals surface area (Å²) in [5.41, 5.74) is 1.40. The maximum Gasteiger partial charge on any atom is 0.269 e. The highest BCUT2D eigenvalue weighted by Gasteiger charge is 2.26. The molecule has 158 valence electrons. The average Bonchev–Trinajstić information content (AvgIpc) is 2.74. The third kappa shape index (κ3) is 4.22. The number of aromatic nitrogens is 2. The van der Waals surface area contributed by atoms with Gasteiger partial charge in [0.15, 0.2) is 6.17 Å². The minimum atomic E-state index is -0.818. The van der Waals surface area contributed by atoms with Crippen molar-refractivity contribution in [3.8, 4) is 5.75 Å². The second kappa shape index (κ2) is 8.27. The fourth-order valence-electron chi connectivity index (χ4n) is 3.27. The van der Waals surface area contributed by atoms with Gasteiger partial charge in [0.1, 0.15) is 5.75 Å². The standard InChI is InChI=1S/C21H20N6O4/c1-3-31-17-9-7-15(8-10-17)23-20-24-19(14-5-4-6-16(12-14)27(29)30)26-18(28)11-13(2)22-21(26)25-20/h4-12,19H,3H2,1-2H3,(H2,22,23,24,25)/t19-/m1/s1. The molecule has 31 heavy (non-hydrogen) atoms. The molecule has 0 unspecified atom stereocenters. The third-order valence-corrected chi connectivity index (χ3v) is 4.61. The predicted molar refractivity (Wildman–Crippen MR) is 117 cm³/mol. The van der Waals surface area contributed by atoms with E-state index in [4.69, 9.17) is 4.74 Å². The van der Waals surface area contributed by atoms with Gasteiger partial charge in [-0.15, -0.1) is 0 Å². The van der Waals surface area contributed by atoms with E-state index >= 15 is 0 Å². The van der Waals surface area contributed by atoms with Crippen LogP contribution in [0.1, 0.15) is 24.3 Å². The molecule has 1 aliphatic rings. The number of non-ortho nitro benzene ring substituents is 1. The Kier molecular flexibility index (Phi) is 5.35. The van der Waals surface area contributed by atoms with Crippen LogP contribution < -0.4 is 20.9 Å². The van der Waals surface area contributed by atoms with Crippen LogP contribution in [0.25, 0.3) is 0 Å². The average molecular weight is 420 g/mol. The van der Waals surface area contributed by atoms with Gasteiger partial charge in [-0.1, -0.05) is 12.1 Å². The number of aliphatic imine (C=N–C) groups is 1. The van der Waals surface area contributed by atoms with Gasteiger partial charge in [0.2, 0.25) is 11.9 Å². The first-order valence-electron chi connectivity index (χ1n) is 9.64. The van der Waals surface area contributed by atoms with Crippen LogP contribution in [0.5, 0.6) is 5.75 Å². The molecule has 0 radical (unpaired) electrons. The fourth-order valence-corrected chi connectivity index (χ4v) is 3.27. The van der Waals surface area contributed by atoms with Crippen LogP contribution in [-0.4, -0.2) is 27.0 Å². The normalized spacial score (nSPS) is 14.8. The number of aryl methyl sites for hydroxylation is 1. The van der Waals surface area contributed by atoms with Crippen molar-refractivity contribution in [2.45, 2.75) is 20.0 Å². The maximum atomic E-state index is 12.7. The van der Waals surface area contributed by atoms with Crippen molar-refractivity contribution in [2.24, 2.45) is 4.99 Å². The SMILES string of the molecule is CCOc1ccc(NC2=N[C@@H](c3cccc([N+](=O)[O-])c3)n3c(nc(C)cc3=O)N2)cc1. The van der Waals surface area contributed by atoms with Crippen molar-refractivity contribution in [2.75, 3.05) is 17.2 Å². The van der Waals surface area contributed by atoms with Crippen molar-refractivity contribution in [3.05, 3.63) is 86.3 Å². The molecule has 0 aliphatic carbocycles. The lowest BCUT2D eigenvalue weighted by atomic mass is 10.1. The van der Waals surface area contributed by atoms with Crippen LogP contribution in [0, 0.1) is 17.0 Å². The molecule has 0 saturated heterocycles. The van der Waals surface area contributed by atoms with Crippen LogP contribution in [0.3, 0.4) is 0 Å². The molecule has 1 aliphatic heterocycles. The highest BCUT2D eigenvalue weighted by atomic mass is 16.6. The summed E-state index contributed by atoms with van der Waals surface area (Å²) in [7, 11) is 0. The number of ether oxygens (including phenoxy) is 1. The van der Waals surface area contributed by atoms with E-state index in [9.17, 15) is 14.9 Å². The molecule has 2 heterocycles. The lowest BCUT2D eigenvalue weighted by Crippen LogP contribution is -2.37. The van der Waals surface area contributed by atoms with E-state index in [0.717, 1.165) is 11.4 Å². The highest BCUT2D eigenvalue weighted by molar-refractivity contribution is 6.03. The molecular formula is C21H20N6O4. The molecule has 1 atom stereocenters. The zero-order chi connectivity index (χ0) is 22.0. The number of nitrogens with one attached hydrogen (secondary N) is 2. The minimum Gasteiger partial charge on any atom is -0.494 e. The van der Waals surface area contributed by atoms with Crippen LogP contribution in [0.2, 0.25) is 0 Å². The lowest BCUT2D eigenvalue weighted by Gasteiger charge is -2.27. The Morgan fingerprint density at radius 3 is 2.71 bits per heavy atom. The molecule has 0 spiro atoms. The number of nitro groups is 1. The van der Waals surface area contributed by atoms with Crippen LogP contribution in [0.15, 0.2) is 64.4 Å². The molecule has 3 aromatic rings. The Morgan fingerprint density at radius 2 is 2.00 bits per heavy atom. The molecular weight excluding hydrogens is 400 g/mol. The van der Waals surface area contributed by atoms with Gasteiger partial charge < -0.3 is 10.1 Å². The molecule has 4 rings (SSSR count). The first kappa shape index (κ1) is 20.1. The Bertz CT molecular complexity index is 1220. The van der Waals surface area contributed by atoms with Crippen LogP contribution in [0.4, 0.5) is 17.3 Å². The summed E-state index contributed by atoms with van der Waals surface area (Å²) in [6, 6.07) is 14.8. The predicted octanol–water partition coefficient (Wildman–Crippen LogP) is 3.30. The first-order chi connectivity index (χ1) is 14.9. The number of nitrogens with zero attached hydrogens (tertiary/aromatic N) is 4. The second-order valence-electron chi connectivity index (χ2n) is 6.84. The number of rotatable bonds is 5. The van der Waals surface area contributed by atoms with E-state index < -0.39 is 11.1 Å². The van der Waals surface area contributed by atoms with Crippen molar-refractivity contribution in [3.63, 3.8) is 0 Å². The number of hydrogen-bond acceptors (Lipinski definition) is 8. The fraction of sp³-hybridized carbons (Fsp3) is 0.190. The summed E-state index contributed by atoms with van der Waals surface area (Å²) in [5.74, 6) is 1.40. The van der Waals surface area contributed by atoms with Gasteiger partial charge in [0.05, 0.1) is 11.5 Å². The molecule has 2 aromatic carbocycles. The summed E-state index contributed by atoms with van der Waals surface area (Å²) < 4.78 is 6.82. The number of fused-ring (bicyclic) bond motifs is 1. The first-order valence-corrected chi connectivity index (χ1v) is 9.64. The summed E-state index contributed by atoms with van der Waals surface area (Å²) in [6.45, 7) is 4.20. The number of benzene rings is 2. The van der Waals surface area contributed by atoms with Gasteiger partial charge in [-0.3, -0.25) is 24.8 Å². The molecule has 2 N–H and O–H groups in total. The highest BCUT2D eigenvalue weighted by Crippen LogP contribution is 2.28. The number of hydrogen-bond donors (Lipinski definition) is 2. The molecule has 0 fully saturated rings. The van der Waals surface area contributed by atoms with Crippen molar-refractivity contribution < 1.29 is 9.66 Å². The Balaban J connectivity index is 1.74. The van der Waals surface area contributed by atoms with Crippen LogP contribution >= 0.6 is 0 Å². The molecule has 0 saturated carbocycles. The zero-order valence-corrected chi connectivity index (χ0v) is 16.9. The second-order valence-corrected chi connectivity index (χ2v) is 6.84. The van der Waals surface area contributed by atoms with Gasteiger partial charge in [-0.25, -0.2) is 9.98 Å². The smallest absolute Gasteiger partial charge is 0.269 e. The molecule has 10 nitrogen and oxygen atoms in total. The number of anilines is 2. The Labute approximate surface area is 177 Å². The van der Waals surface area contributed by atoms with Crippen molar-refractivity contribution >= 4 is 23.3 Å². The van der Waals surface area contributed by atoms with E-state index in [1.54, 1.807) is 19.1 Å². The summed E-state index contributed by atoms with van der Waals surface area (Å²) in [6.07, 6.45) is -0.818. The van der Waals surface area contributed by atoms with E-state index in [-0.39, 0.29) is 11.2 Å². The maximum absolute atomic E-state index is 12.7. The van der Waals surface area contributed by atoms with Gasteiger partial charge in [0.25, 0.3) is 11.2 Å². The van der Waals surface area contributed by atoms with Gasteiger partial charge in [0, 0.05) is 35.1 Å². The topological polar surface area (TPSA) is 124 Å². The van der Waals surface area contributed by atoms with Crippen LogP contribution in [-0.2, 0) is 0 Å². The number of guanidine groups is 1. The molecule has 10 heteroatoms. The summed E-state index contributed by atoms with van der Waals surface area (Å²) in [5, 5.41) is 17.4. The van der Waals surface area contributed by atoms with Crippen molar-refractivity contribution in [1.82, 2.24) is 9.55 Å². The molecule has 1 aromatic heterocycles. The zero-order valence-electron chi connectivity index (χ0n) is 16.9. The van der Waals surface area contributed by atoms with Crippen molar-refractivity contribution in [1.29, 1.82) is 0 Å². The quantitative estimate of drug-likeness (QED) is 0.479. The van der Waals surface area contributed by atoms with Gasteiger partial charge in [-0.05, 0) is 38.1 Å². The van der Waals surface area contributed by atoms with E-state index in [1.165, 1.54) is 22.8 Å². The monoisotopic (exact) mass is 420 g/mol. The summed E-state index contributed by atoms with van der Waals surface area (Å²) >= 11 is 0. The number of nitro benzene ring substituents is 1. The Morgan fingerprint density at radius 1 is 1.23 bits per heavy atom. The molecule has 0 bridgehead atoms. The Hall–Kier alpha value is -4.21. The summed E-state index contributed by atoms with van der Waals surface area (Å²) in [4.78, 5) is 32.5. The van der Waals surface area contributed by atoms with Gasteiger partial charge >= 0.3 is 0 Å².